The fraction of sp³-hybridized carbons (Fsp3) is 1.00. The Balaban J connectivity index is 2.78. The van der Waals surface area contributed by atoms with E-state index in [0.29, 0.717) is 6.61 Å². The van der Waals surface area contributed by atoms with E-state index in [9.17, 15) is 0 Å². The van der Waals surface area contributed by atoms with Gasteiger partial charge in [-0.1, -0.05) is 25.7 Å². The molecule has 0 rings (SSSR count). The third-order valence-corrected chi connectivity index (χ3v) is 2.03. The average molecular weight is 204 g/mol. The van der Waals surface area contributed by atoms with Crippen LogP contribution in [0.2, 0.25) is 0 Å². The van der Waals surface area contributed by atoms with Crippen molar-refractivity contribution < 1.29 is 14.5 Å². The lowest BCUT2D eigenvalue weighted by Gasteiger charge is -2.02. The largest absolute Gasteiger partial charge is 0.385 e. The Labute approximate surface area is 87.7 Å². The fourth-order valence-electron chi connectivity index (χ4n) is 1.26. The molecular weight excluding hydrogens is 180 g/mol. The van der Waals surface area contributed by atoms with Gasteiger partial charge in [-0.05, 0) is 19.8 Å². The maximum absolute atomic E-state index is 4.98. The highest BCUT2D eigenvalue weighted by molar-refractivity contribution is 4.44. The van der Waals surface area contributed by atoms with Crippen LogP contribution < -0.4 is 0 Å². The molecule has 0 fully saturated rings. The van der Waals surface area contributed by atoms with Crippen LogP contribution in [0.5, 0.6) is 0 Å². The molecule has 0 radical (unpaired) electrons. The fourth-order valence-corrected chi connectivity index (χ4v) is 1.26. The number of unbranched alkanes of at least 4 members (excludes halogenated alkanes) is 5. The van der Waals surface area contributed by atoms with Crippen molar-refractivity contribution in [2.75, 3.05) is 26.9 Å². The summed E-state index contributed by atoms with van der Waals surface area (Å²) in [6.07, 6.45) is 7.40. The topological polar surface area (TPSA) is 27.7 Å². The highest BCUT2D eigenvalue weighted by Gasteiger charge is 1.91. The Morgan fingerprint density at radius 2 is 1.29 bits per heavy atom. The summed E-state index contributed by atoms with van der Waals surface area (Å²) in [5.41, 5.74) is 0. The van der Waals surface area contributed by atoms with Gasteiger partial charge in [-0.3, -0.25) is 0 Å². The zero-order valence-corrected chi connectivity index (χ0v) is 9.59. The maximum Gasteiger partial charge on any atom is 0.0822 e. The molecule has 0 unspecified atom stereocenters. The molecule has 3 nitrogen and oxygen atoms in total. The minimum absolute atomic E-state index is 0.636. The first kappa shape index (κ1) is 13.9. The van der Waals surface area contributed by atoms with Crippen LogP contribution in [0.1, 0.15) is 45.4 Å². The van der Waals surface area contributed by atoms with E-state index in [-0.39, 0.29) is 0 Å². The molecule has 0 N–H and O–H groups in total. The number of methoxy groups -OCH3 is 1. The van der Waals surface area contributed by atoms with Crippen LogP contribution in [0.15, 0.2) is 0 Å². The maximum atomic E-state index is 4.98. The molecule has 0 bridgehead atoms. The third kappa shape index (κ3) is 11.9. The Kier molecular flexibility index (Phi) is 12.8. The molecule has 86 valence electrons. The van der Waals surface area contributed by atoms with E-state index >= 15 is 0 Å². The molecule has 0 aromatic heterocycles. The summed E-state index contributed by atoms with van der Waals surface area (Å²) in [5.74, 6) is 0. The predicted octanol–water partition coefficient (Wildman–Crippen LogP) is 2.94. The molecule has 0 aliphatic rings. The number of hydrogen-bond acceptors (Lipinski definition) is 3. The van der Waals surface area contributed by atoms with Gasteiger partial charge in [-0.2, -0.15) is 0 Å². The van der Waals surface area contributed by atoms with Crippen molar-refractivity contribution in [2.45, 2.75) is 45.4 Å². The highest BCUT2D eigenvalue weighted by Crippen LogP contribution is 2.05. The van der Waals surface area contributed by atoms with Gasteiger partial charge >= 0.3 is 0 Å². The van der Waals surface area contributed by atoms with E-state index in [1.54, 1.807) is 7.11 Å². The molecule has 0 spiro atoms. The first-order chi connectivity index (χ1) is 6.91. The van der Waals surface area contributed by atoms with Crippen molar-refractivity contribution in [2.24, 2.45) is 0 Å². The van der Waals surface area contributed by atoms with E-state index in [0.717, 1.165) is 19.6 Å². The quantitative estimate of drug-likeness (QED) is 0.294. The zero-order chi connectivity index (χ0) is 10.5. The lowest BCUT2D eigenvalue weighted by atomic mass is 10.1. The zero-order valence-electron chi connectivity index (χ0n) is 9.59. The van der Waals surface area contributed by atoms with Crippen molar-refractivity contribution in [1.29, 1.82) is 0 Å². The Morgan fingerprint density at radius 1 is 0.714 bits per heavy atom. The molecule has 0 aliphatic heterocycles. The van der Waals surface area contributed by atoms with Gasteiger partial charge in [0.1, 0.15) is 0 Å². The first-order valence-corrected chi connectivity index (χ1v) is 5.65. The van der Waals surface area contributed by atoms with E-state index in [1.807, 2.05) is 6.92 Å². The van der Waals surface area contributed by atoms with Crippen molar-refractivity contribution in [3.05, 3.63) is 0 Å². The second kappa shape index (κ2) is 12.9. The summed E-state index contributed by atoms with van der Waals surface area (Å²) in [6.45, 7) is 4.19. The summed E-state index contributed by atoms with van der Waals surface area (Å²) < 4.78 is 4.98. The van der Waals surface area contributed by atoms with Crippen molar-refractivity contribution in [3.63, 3.8) is 0 Å². The predicted molar refractivity (Wildman–Crippen MR) is 57.2 cm³/mol. The van der Waals surface area contributed by atoms with Crippen LogP contribution in [-0.4, -0.2) is 26.9 Å². The van der Waals surface area contributed by atoms with Gasteiger partial charge in [0.25, 0.3) is 0 Å². The number of hydrogen-bond donors (Lipinski definition) is 0. The first-order valence-electron chi connectivity index (χ1n) is 5.65. The highest BCUT2D eigenvalue weighted by atomic mass is 17.2. The van der Waals surface area contributed by atoms with E-state index in [1.165, 1.54) is 32.1 Å². The van der Waals surface area contributed by atoms with Crippen LogP contribution in [0.3, 0.4) is 0 Å². The molecule has 0 amide bonds. The summed E-state index contributed by atoms with van der Waals surface area (Å²) in [6, 6.07) is 0. The second-order valence-electron chi connectivity index (χ2n) is 3.34. The normalized spacial score (nSPS) is 10.7. The van der Waals surface area contributed by atoms with Crippen LogP contribution in [0, 0.1) is 0 Å². The minimum Gasteiger partial charge on any atom is -0.385 e. The minimum atomic E-state index is 0.636. The molecule has 0 aromatic rings. The SMILES string of the molecule is CCOOCCCCCCCCOC. The van der Waals surface area contributed by atoms with Crippen molar-refractivity contribution >= 4 is 0 Å². The summed E-state index contributed by atoms with van der Waals surface area (Å²) in [4.78, 5) is 9.68. The van der Waals surface area contributed by atoms with E-state index in [4.69, 9.17) is 14.5 Å². The summed E-state index contributed by atoms with van der Waals surface area (Å²) >= 11 is 0. The molecule has 0 heterocycles. The Morgan fingerprint density at radius 3 is 1.86 bits per heavy atom. The van der Waals surface area contributed by atoms with Crippen LogP contribution in [-0.2, 0) is 14.5 Å². The number of rotatable bonds is 11. The van der Waals surface area contributed by atoms with Gasteiger partial charge in [0.15, 0.2) is 0 Å². The van der Waals surface area contributed by atoms with Gasteiger partial charge in [0.2, 0.25) is 0 Å². The lowest BCUT2D eigenvalue weighted by Crippen LogP contribution is -1.96. The number of ether oxygens (including phenoxy) is 1. The smallest absolute Gasteiger partial charge is 0.0822 e. The van der Waals surface area contributed by atoms with Crippen LogP contribution in [0.25, 0.3) is 0 Å². The Bertz CT molecular complexity index is 84.5. The van der Waals surface area contributed by atoms with E-state index in [2.05, 4.69) is 0 Å². The van der Waals surface area contributed by atoms with Crippen LogP contribution in [0.4, 0.5) is 0 Å². The lowest BCUT2D eigenvalue weighted by molar-refractivity contribution is -0.291. The van der Waals surface area contributed by atoms with Gasteiger partial charge in [0.05, 0.1) is 13.2 Å². The van der Waals surface area contributed by atoms with Gasteiger partial charge in [0, 0.05) is 13.7 Å². The molecule has 0 atom stereocenters. The van der Waals surface area contributed by atoms with Gasteiger partial charge in [-0.25, -0.2) is 9.78 Å². The second-order valence-corrected chi connectivity index (χ2v) is 3.34. The summed E-state index contributed by atoms with van der Waals surface area (Å²) in [5, 5.41) is 0. The molecule has 0 aromatic carbocycles. The molecule has 3 heteroatoms. The van der Waals surface area contributed by atoms with Crippen molar-refractivity contribution in [3.8, 4) is 0 Å². The van der Waals surface area contributed by atoms with E-state index < -0.39 is 0 Å². The standard InChI is InChI=1S/C11H24O3/c1-3-13-14-11-9-7-5-4-6-8-10-12-2/h3-11H2,1-2H3. The average Bonchev–Trinajstić information content (AvgIpc) is 2.21. The molecule has 0 saturated carbocycles. The van der Waals surface area contributed by atoms with Crippen molar-refractivity contribution in [1.82, 2.24) is 0 Å². The summed E-state index contributed by atoms with van der Waals surface area (Å²) in [7, 11) is 1.76. The molecule has 14 heavy (non-hydrogen) atoms. The van der Waals surface area contributed by atoms with Crippen LogP contribution >= 0.6 is 0 Å². The molecule has 0 saturated heterocycles. The Hall–Kier alpha value is -0.120. The third-order valence-electron chi connectivity index (χ3n) is 2.03. The van der Waals surface area contributed by atoms with Gasteiger partial charge < -0.3 is 4.74 Å². The van der Waals surface area contributed by atoms with Gasteiger partial charge in [-0.15, -0.1) is 0 Å². The molecule has 0 aliphatic carbocycles. The molecular formula is C11H24O3. The monoisotopic (exact) mass is 204 g/mol.